The molecule has 5 nitrogen and oxygen atoms in total. The highest BCUT2D eigenvalue weighted by molar-refractivity contribution is 6.33. The van der Waals surface area contributed by atoms with Crippen molar-refractivity contribution < 1.29 is 9.59 Å². The molecule has 3 aromatic rings. The fourth-order valence-corrected chi connectivity index (χ4v) is 4.75. The molecule has 0 N–H and O–H groups in total. The molecule has 1 aromatic heterocycles. The van der Waals surface area contributed by atoms with Gasteiger partial charge in [0.2, 0.25) is 5.91 Å². The topological polar surface area (TPSA) is 45.6 Å². The van der Waals surface area contributed by atoms with E-state index in [1.165, 1.54) is 0 Å². The van der Waals surface area contributed by atoms with Crippen molar-refractivity contribution >= 4 is 35.0 Å². The number of benzene rings is 2. The molecule has 33 heavy (non-hydrogen) atoms. The Morgan fingerprint density at radius 3 is 2.27 bits per heavy atom. The summed E-state index contributed by atoms with van der Waals surface area (Å²) >= 11 is 12.9. The Labute approximate surface area is 204 Å². The van der Waals surface area contributed by atoms with Crippen molar-refractivity contribution in [3.05, 3.63) is 93.7 Å². The highest BCUT2D eigenvalue weighted by atomic mass is 35.5. The van der Waals surface area contributed by atoms with Crippen molar-refractivity contribution in [1.29, 1.82) is 0 Å². The second-order valence-electron chi connectivity index (χ2n) is 9.18. The van der Waals surface area contributed by atoms with Gasteiger partial charge in [0.15, 0.2) is 0 Å². The van der Waals surface area contributed by atoms with Crippen molar-refractivity contribution in [2.24, 2.45) is 0 Å². The number of amides is 2. The maximum atomic E-state index is 13.7. The zero-order valence-electron chi connectivity index (χ0n) is 19.0. The van der Waals surface area contributed by atoms with Crippen LogP contribution in [0.2, 0.25) is 10.0 Å². The first kappa shape index (κ1) is 23.4. The molecule has 0 bridgehead atoms. The summed E-state index contributed by atoms with van der Waals surface area (Å²) in [6, 6.07) is 18.2. The van der Waals surface area contributed by atoms with Gasteiger partial charge < -0.3 is 14.4 Å². The second kappa shape index (κ2) is 9.24. The number of aromatic nitrogens is 1. The van der Waals surface area contributed by atoms with Crippen LogP contribution < -0.4 is 0 Å². The van der Waals surface area contributed by atoms with E-state index in [9.17, 15) is 9.59 Å². The largest absolute Gasteiger partial charge is 0.348 e. The van der Waals surface area contributed by atoms with E-state index in [4.69, 9.17) is 23.2 Å². The zero-order chi connectivity index (χ0) is 23.8. The Kier molecular flexibility index (Phi) is 6.55. The smallest absolute Gasteiger partial charge is 0.256 e. The third-order valence-electron chi connectivity index (χ3n) is 6.01. The van der Waals surface area contributed by atoms with E-state index < -0.39 is 5.54 Å². The molecular weight excluding hydrogens is 457 g/mol. The molecule has 0 saturated carbocycles. The van der Waals surface area contributed by atoms with Crippen molar-refractivity contribution in [1.82, 2.24) is 14.4 Å². The summed E-state index contributed by atoms with van der Waals surface area (Å²) in [7, 11) is 0. The van der Waals surface area contributed by atoms with Gasteiger partial charge in [-0.1, -0.05) is 53.5 Å². The van der Waals surface area contributed by atoms with Gasteiger partial charge in [-0.05, 0) is 56.7 Å². The van der Waals surface area contributed by atoms with E-state index in [0.29, 0.717) is 28.7 Å². The van der Waals surface area contributed by atoms with E-state index >= 15 is 0 Å². The van der Waals surface area contributed by atoms with Gasteiger partial charge in [0.05, 0.1) is 16.6 Å². The van der Waals surface area contributed by atoms with Gasteiger partial charge >= 0.3 is 0 Å². The third kappa shape index (κ3) is 4.66. The van der Waals surface area contributed by atoms with Crippen LogP contribution >= 0.6 is 23.2 Å². The number of hydrogen-bond donors (Lipinski definition) is 0. The highest BCUT2D eigenvalue weighted by Gasteiger charge is 2.37. The fraction of sp³-hybridized carbons (Fsp3) is 0.308. The van der Waals surface area contributed by atoms with Crippen LogP contribution in [0.4, 0.5) is 0 Å². The molecule has 1 aliphatic rings. The molecular formula is C26H27Cl2N3O2. The molecule has 2 aromatic carbocycles. The van der Waals surface area contributed by atoms with Gasteiger partial charge in [-0.3, -0.25) is 9.59 Å². The molecule has 172 valence electrons. The van der Waals surface area contributed by atoms with Crippen molar-refractivity contribution in [3.8, 4) is 0 Å². The van der Waals surface area contributed by atoms with Gasteiger partial charge in [0.1, 0.15) is 6.54 Å². The summed E-state index contributed by atoms with van der Waals surface area (Å²) in [5.74, 6) is -0.404. The van der Waals surface area contributed by atoms with Gasteiger partial charge in [-0.15, -0.1) is 0 Å². The molecule has 0 spiro atoms. The summed E-state index contributed by atoms with van der Waals surface area (Å²) < 4.78 is 2.15. The Hall–Kier alpha value is -2.76. The Bertz CT molecular complexity index is 1180. The van der Waals surface area contributed by atoms with Gasteiger partial charge in [-0.2, -0.15) is 0 Å². The third-order valence-corrected chi connectivity index (χ3v) is 6.68. The van der Waals surface area contributed by atoms with Crippen LogP contribution in [0.3, 0.4) is 0 Å². The Morgan fingerprint density at radius 1 is 0.939 bits per heavy atom. The number of carbonyl (C=O) groups is 2. The lowest BCUT2D eigenvalue weighted by Crippen LogP contribution is -2.53. The van der Waals surface area contributed by atoms with Crippen LogP contribution in [0.25, 0.3) is 0 Å². The molecule has 0 saturated heterocycles. The van der Waals surface area contributed by atoms with Gasteiger partial charge in [-0.25, -0.2) is 0 Å². The van der Waals surface area contributed by atoms with Crippen LogP contribution in [0.1, 0.15) is 48.4 Å². The molecule has 1 aliphatic heterocycles. The average Bonchev–Trinajstić information content (AvgIpc) is 3.25. The minimum atomic E-state index is -0.582. The van der Waals surface area contributed by atoms with Crippen molar-refractivity contribution in [3.63, 3.8) is 0 Å². The number of rotatable bonds is 4. The summed E-state index contributed by atoms with van der Waals surface area (Å²) in [5.41, 5.74) is 1.67. The maximum absolute atomic E-state index is 13.7. The van der Waals surface area contributed by atoms with E-state index in [2.05, 4.69) is 4.57 Å². The van der Waals surface area contributed by atoms with Crippen LogP contribution in [0.5, 0.6) is 0 Å². The monoisotopic (exact) mass is 483 g/mol. The predicted molar refractivity (Wildman–Crippen MR) is 132 cm³/mol. The summed E-state index contributed by atoms with van der Waals surface area (Å²) in [5, 5.41) is 0.976. The molecule has 0 radical (unpaired) electrons. The highest BCUT2D eigenvalue weighted by Crippen LogP contribution is 2.36. The zero-order valence-corrected chi connectivity index (χ0v) is 20.5. The molecule has 0 fully saturated rings. The lowest BCUT2D eigenvalue weighted by molar-refractivity contribution is -0.135. The van der Waals surface area contributed by atoms with Crippen LogP contribution in [0, 0.1) is 0 Å². The molecule has 2 amide bonds. The first-order valence-electron chi connectivity index (χ1n) is 10.9. The van der Waals surface area contributed by atoms with E-state index in [1.54, 1.807) is 29.2 Å². The van der Waals surface area contributed by atoms with E-state index in [0.717, 1.165) is 11.3 Å². The quantitative estimate of drug-likeness (QED) is 0.479. The van der Waals surface area contributed by atoms with Crippen molar-refractivity contribution in [2.45, 2.75) is 38.9 Å². The lowest BCUT2D eigenvalue weighted by atomic mass is 9.99. The first-order chi connectivity index (χ1) is 15.7. The number of halogens is 2. The number of carbonyl (C=O) groups excluding carboxylic acids is 2. The average molecular weight is 484 g/mol. The molecule has 4 rings (SSSR count). The molecule has 7 heteroatoms. The minimum Gasteiger partial charge on any atom is -0.348 e. The normalized spacial score (nSPS) is 15.8. The molecule has 0 unspecified atom stereocenters. The number of fused-ring (bicyclic) bond motifs is 1. The van der Waals surface area contributed by atoms with Gasteiger partial charge in [0, 0.05) is 35.5 Å². The minimum absolute atomic E-state index is 0.0603. The molecule has 1 atom stereocenters. The number of nitrogens with zero attached hydrogens (tertiary/aromatic N) is 3. The maximum Gasteiger partial charge on any atom is 0.256 e. The van der Waals surface area contributed by atoms with Gasteiger partial charge in [0.25, 0.3) is 5.91 Å². The lowest BCUT2D eigenvalue weighted by Gasteiger charge is -2.41. The van der Waals surface area contributed by atoms with E-state index in [1.807, 2.05) is 68.3 Å². The first-order valence-corrected chi connectivity index (χ1v) is 11.7. The Morgan fingerprint density at radius 2 is 1.61 bits per heavy atom. The predicted octanol–water partition coefficient (Wildman–Crippen LogP) is 5.67. The van der Waals surface area contributed by atoms with Crippen molar-refractivity contribution in [2.75, 3.05) is 13.1 Å². The van der Waals surface area contributed by atoms with Crippen LogP contribution in [0.15, 0.2) is 66.9 Å². The molecule has 2 heterocycles. The standard InChI is InChI=1S/C26H27Cl2N3O2/c1-26(2,3)31(25(33)19-10-5-7-12-21(19)28)17-23(32)30-16-15-29-14-8-13-22(29)24(30)18-9-4-6-11-20(18)27/h4-14,24H,15-17H2,1-3H3/t24-/m1/s1. The fourth-order valence-electron chi connectivity index (χ4n) is 4.30. The van der Waals surface area contributed by atoms with E-state index in [-0.39, 0.29) is 24.4 Å². The summed E-state index contributed by atoms with van der Waals surface area (Å²) in [4.78, 5) is 30.6. The molecule has 0 aliphatic carbocycles. The second-order valence-corrected chi connectivity index (χ2v) is 9.99. The number of hydrogen-bond acceptors (Lipinski definition) is 2. The SMILES string of the molecule is CC(C)(C)N(CC(=O)N1CCn2cccc2[C@H]1c1ccccc1Cl)C(=O)c1ccccc1Cl. The Balaban J connectivity index is 1.68. The van der Waals surface area contributed by atoms with Crippen LogP contribution in [-0.2, 0) is 11.3 Å². The van der Waals surface area contributed by atoms with Crippen LogP contribution in [-0.4, -0.2) is 44.8 Å². The summed E-state index contributed by atoms with van der Waals surface area (Å²) in [6.45, 7) is 6.90. The summed E-state index contributed by atoms with van der Waals surface area (Å²) in [6.07, 6.45) is 2.02.